The number of carbonyl (C=O) groups excluding carboxylic acids is 2. The minimum Gasteiger partial charge on any atom is -0.465 e. The van der Waals surface area contributed by atoms with E-state index < -0.39 is 30.1 Å². The third-order valence-electron chi connectivity index (χ3n) is 3.82. The van der Waals surface area contributed by atoms with Gasteiger partial charge in [0.05, 0.1) is 6.04 Å². The zero-order valence-electron chi connectivity index (χ0n) is 11.8. The van der Waals surface area contributed by atoms with E-state index >= 15 is 0 Å². The molecule has 0 aromatic rings. The summed E-state index contributed by atoms with van der Waals surface area (Å²) in [7, 11) is 0. The minimum atomic E-state index is -1.49. The summed E-state index contributed by atoms with van der Waals surface area (Å²) < 4.78 is 0. The molecule has 5 N–H and O–H groups in total. The van der Waals surface area contributed by atoms with Gasteiger partial charge in [0, 0.05) is 18.0 Å². The van der Waals surface area contributed by atoms with E-state index in [1.807, 2.05) is 6.92 Å². The maximum atomic E-state index is 11.8. The van der Waals surface area contributed by atoms with Gasteiger partial charge >= 0.3 is 6.09 Å². The van der Waals surface area contributed by atoms with Crippen LogP contribution >= 0.6 is 0 Å². The molecule has 1 saturated carbocycles. The van der Waals surface area contributed by atoms with Gasteiger partial charge in [0.2, 0.25) is 5.91 Å². The lowest BCUT2D eigenvalue weighted by molar-refractivity contribution is -0.132. The molecule has 1 heterocycles. The second kappa shape index (κ2) is 6.30. The first kappa shape index (κ1) is 15.6. The highest BCUT2D eigenvalue weighted by Crippen LogP contribution is 2.23. The van der Waals surface area contributed by atoms with Gasteiger partial charge in [0.25, 0.3) is 5.91 Å². The van der Waals surface area contributed by atoms with Gasteiger partial charge in [-0.2, -0.15) is 0 Å². The van der Waals surface area contributed by atoms with E-state index in [1.54, 1.807) is 0 Å². The van der Waals surface area contributed by atoms with Gasteiger partial charge in [0.1, 0.15) is 0 Å². The number of nitrogens with one attached hydrogen (secondary N) is 3. The lowest BCUT2D eigenvalue weighted by atomic mass is 9.93. The van der Waals surface area contributed by atoms with Crippen molar-refractivity contribution >= 4 is 17.9 Å². The number of carboxylic acid groups (broad SMARTS) is 1. The molecule has 3 amide bonds. The SMILES string of the molecule is C[C@@H]1C[C@@H](C[C@H](NC(=O)O)C(O)C(=O)NC2CC2)C(=O)N1. The molecule has 0 spiro atoms. The first-order valence-electron chi connectivity index (χ1n) is 7.15. The molecule has 1 aliphatic heterocycles. The minimum absolute atomic E-state index is 0.0189. The summed E-state index contributed by atoms with van der Waals surface area (Å²) in [5.74, 6) is -1.17. The molecule has 0 aromatic heterocycles. The molecule has 0 radical (unpaired) electrons. The average molecular weight is 299 g/mol. The Morgan fingerprint density at radius 1 is 1.43 bits per heavy atom. The van der Waals surface area contributed by atoms with E-state index in [-0.39, 0.29) is 24.4 Å². The van der Waals surface area contributed by atoms with Crippen LogP contribution in [0.15, 0.2) is 0 Å². The quantitative estimate of drug-likeness (QED) is 0.438. The second-order valence-corrected chi connectivity index (χ2v) is 5.86. The fourth-order valence-electron chi connectivity index (χ4n) is 2.59. The Kier molecular flexibility index (Phi) is 4.66. The van der Waals surface area contributed by atoms with Crippen molar-refractivity contribution < 1.29 is 24.6 Å². The Morgan fingerprint density at radius 2 is 2.10 bits per heavy atom. The summed E-state index contributed by atoms with van der Waals surface area (Å²) in [6.45, 7) is 1.85. The number of hydrogen-bond donors (Lipinski definition) is 5. The van der Waals surface area contributed by atoms with Gasteiger partial charge < -0.3 is 26.2 Å². The zero-order valence-corrected chi connectivity index (χ0v) is 11.8. The van der Waals surface area contributed by atoms with Crippen LogP contribution in [-0.2, 0) is 9.59 Å². The predicted octanol–water partition coefficient (Wildman–Crippen LogP) is -0.823. The van der Waals surface area contributed by atoms with E-state index in [2.05, 4.69) is 16.0 Å². The van der Waals surface area contributed by atoms with Gasteiger partial charge in [0.15, 0.2) is 6.10 Å². The van der Waals surface area contributed by atoms with E-state index in [1.165, 1.54) is 0 Å². The van der Waals surface area contributed by atoms with Crippen LogP contribution in [-0.4, -0.2) is 52.4 Å². The third kappa shape index (κ3) is 4.32. The van der Waals surface area contributed by atoms with Crippen molar-refractivity contribution in [2.45, 2.75) is 56.8 Å². The molecule has 4 atom stereocenters. The van der Waals surface area contributed by atoms with Crippen LogP contribution in [0.5, 0.6) is 0 Å². The monoisotopic (exact) mass is 299 g/mol. The molecule has 1 saturated heterocycles. The number of aliphatic hydroxyl groups excluding tert-OH is 1. The smallest absolute Gasteiger partial charge is 0.404 e. The first-order valence-corrected chi connectivity index (χ1v) is 7.15. The molecule has 2 aliphatic rings. The molecule has 1 aliphatic carbocycles. The third-order valence-corrected chi connectivity index (χ3v) is 3.82. The van der Waals surface area contributed by atoms with Crippen LogP contribution in [0.2, 0.25) is 0 Å². The maximum Gasteiger partial charge on any atom is 0.404 e. The number of rotatable bonds is 6. The standard InChI is InChI=1S/C13H21N3O5/c1-6-4-7(11(18)14-6)5-9(16-13(20)21)10(17)12(19)15-8-2-3-8/h6-10,16-17H,2-5H2,1H3,(H,14,18)(H,15,19)(H,20,21)/t6-,7+,9+,10?/m1/s1. The second-order valence-electron chi connectivity index (χ2n) is 5.86. The Bertz CT molecular complexity index is 438. The van der Waals surface area contributed by atoms with E-state index in [9.17, 15) is 19.5 Å². The largest absolute Gasteiger partial charge is 0.465 e. The molecule has 8 nitrogen and oxygen atoms in total. The molecule has 8 heteroatoms. The van der Waals surface area contributed by atoms with Crippen LogP contribution in [0.25, 0.3) is 0 Å². The van der Waals surface area contributed by atoms with Crippen molar-refractivity contribution in [1.29, 1.82) is 0 Å². The molecular formula is C13H21N3O5. The fraction of sp³-hybridized carbons (Fsp3) is 0.769. The molecule has 2 rings (SSSR count). The highest BCUT2D eigenvalue weighted by atomic mass is 16.4. The lowest BCUT2D eigenvalue weighted by Gasteiger charge is -2.24. The molecule has 1 unspecified atom stereocenters. The van der Waals surface area contributed by atoms with Crippen LogP contribution in [0.1, 0.15) is 32.6 Å². The number of hydrogen-bond acceptors (Lipinski definition) is 4. The summed E-state index contributed by atoms with van der Waals surface area (Å²) in [5, 5.41) is 26.4. The molecule has 21 heavy (non-hydrogen) atoms. The lowest BCUT2D eigenvalue weighted by Crippen LogP contribution is -2.51. The van der Waals surface area contributed by atoms with E-state index in [0.29, 0.717) is 6.42 Å². The number of amides is 3. The van der Waals surface area contributed by atoms with Crippen molar-refractivity contribution in [2.75, 3.05) is 0 Å². The van der Waals surface area contributed by atoms with Gasteiger partial charge in [-0.15, -0.1) is 0 Å². The zero-order chi connectivity index (χ0) is 15.6. The summed E-state index contributed by atoms with van der Waals surface area (Å²) in [6, 6.07) is -0.903. The Morgan fingerprint density at radius 3 is 2.57 bits per heavy atom. The van der Waals surface area contributed by atoms with Gasteiger partial charge in [-0.3, -0.25) is 9.59 Å². The summed E-state index contributed by atoms with van der Waals surface area (Å²) in [5.41, 5.74) is 0. The van der Waals surface area contributed by atoms with Crippen molar-refractivity contribution in [3.63, 3.8) is 0 Å². The van der Waals surface area contributed by atoms with Crippen LogP contribution in [0.4, 0.5) is 4.79 Å². The van der Waals surface area contributed by atoms with Crippen molar-refractivity contribution in [3.05, 3.63) is 0 Å². The van der Waals surface area contributed by atoms with Gasteiger partial charge in [-0.1, -0.05) is 0 Å². The highest BCUT2D eigenvalue weighted by Gasteiger charge is 2.37. The topological polar surface area (TPSA) is 128 Å². The molecule has 0 aromatic carbocycles. The van der Waals surface area contributed by atoms with Gasteiger partial charge in [-0.25, -0.2) is 4.79 Å². The predicted molar refractivity (Wildman–Crippen MR) is 72.4 cm³/mol. The summed E-state index contributed by atoms with van der Waals surface area (Å²) in [4.78, 5) is 34.4. The molecular weight excluding hydrogens is 278 g/mol. The fourth-order valence-corrected chi connectivity index (χ4v) is 2.59. The van der Waals surface area contributed by atoms with Crippen molar-refractivity contribution in [1.82, 2.24) is 16.0 Å². The van der Waals surface area contributed by atoms with Crippen LogP contribution < -0.4 is 16.0 Å². The molecule has 0 bridgehead atoms. The normalized spacial score (nSPS) is 27.6. The Hall–Kier alpha value is -1.83. The summed E-state index contributed by atoms with van der Waals surface area (Å²) in [6.07, 6.45) is -0.416. The van der Waals surface area contributed by atoms with Crippen molar-refractivity contribution in [2.24, 2.45) is 5.92 Å². The first-order chi connectivity index (χ1) is 9.86. The average Bonchev–Trinajstić information content (AvgIpc) is 3.13. The number of aliphatic hydroxyl groups is 1. The molecule has 2 fully saturated rings. The Balaban J connectivity index is 1.97. The van der Waals surface area contributed by atoms with Crippen LogP contribution in [0, 0.1) is 5.92 Å². The van der Waals surface area contributed by atoms with Crippen molar-refractivity contribution in [3.8, 4) is 0 Å². The molecule has 118 valence electrons. The summed E-state index contributed by atoms with van der Waals surface area (Å²) >= 11 is 0. The van der Waals surface area contributed by atoms with E-state index in [4.69, 9.17) is 5.11 Å². The highest BCUT2D eigenvalue weighted by molar-refractivity contribution is 5.84. The van der Waals surface area contributed by atoms with Crippen LogP contribution in [0.3, 0.4) is 0 Å². The van der Waals surface area contributed by atoms with Gasteiger partial charge in [-0.05, 0) is 32.6 Å². The number of carbonyl (C=O) groups is 3. The van der Waals surface area contributed by atoms with E-state index in [0.717, 1.165) is 12.8 Å². The maximum absolute atomic E-state index is 11.8. The Labute approximate surface area is 122 Å².